The summed E-state index contributed by atoms with van der Waals surface area (Å²) in [4.78, 5) is 21.2. The number of aliphatic carboxylic acids is 1. The smallest absolute Gasteiger partial charge is 0.475 e. The number of hydrogen-bond acceptors (Lipinski definition) is 6. The van der Waals surface area contributed by atoms with Crippen molar-refractivity contribution >= 4 is 17.7 Å². The van der Waals surface area contributed by atoms with Crippen molar-refractivity contribution in [3.05, 3.63) is 41.4 Å². The number of anilines is 1. The number of nitrogens with zero attached hydrogens (tertiary/aromatic N) is 2. The zero-order valence-electron chi connectivity index (χ0n) is 16.2. The lowest BCUT2D eigenvalue weighted by molar-refractivity contribution is -0.192. The lowest BCUT2D eigenvalue weighted by atomic mass is 10.1. The van der Waals surface area contributed by atoms with E-state index >= 15 is 0 Å². The number of carbonyl (C=O) groups is 2. The van der Waals surface area contributed by atoms with E-state index < -0.39 is 12.1 Å². The molecule has 1 fully saturated rings. The second kappa shape index (κ2) is 9.04. The number of amides is 1. The van der Waals surface area contributed by atoms with Gasteiger partial charge in [-0.3, -0.25) is 15.0 Å². The van der Waals surface area contributed by atoms with Crippen LogP contribution in [0.25, 0.3) is 11.5 Å². The molecule has 0 bridgehead atoms. The first-order valence-corrected chi connectivity index (χ1v) is 9.16. The van der Waals surface area contributed by atoms with Gasteiger partial charge in [0.15, 0.2) is 17.3 Å². The van der Waals surface area contributed by atoms with Gasteiger partial charge in [-0.2, -0.15) is 23.4 Å². The quantitative estimate of drug-likeness (QED) is 0.419. The van der Waals surface area contributed by atoms with Crippen molar-refractivity contribution in [3.8, 4) is 11.5 Å². The highest BCUT2D eigenvalue weighted by molar-refractivity contribution is 6.02. The average molecular weight is 440 g/mol. The molecule has 1 unspecified atom stereocenters. The Morgan fingerprint density at radius 1 is 1.23 bits per heavy atom. The highest BCUT2D eigenvalue weighted by atomic mass is 19.4. The van der Waals surface area contributed by atoms with E-state index in [0.29, 0.717) is 23.0 Å². The zero-order chi connectivity index (χ0) is 22.6. The second-order valence-corrected chi connectivity index (χ2v) is 6.69. The third-order valence-corrected chi connectivity index (χ3v) is 4.33. The second-order valence-electron chi connectivity index (χ2n) is 6.69. The molecule has 0 aromatic carbocycles. The summed E-state index contributed by atoms with van der Waals surface area (Å²) >= 11 is 0. The first-order valence-electron chi connectivity index (χ1n) is 9.16. The number of aromatic nitrogens is 4. The Labute approximate surface area is 173 Å². The van der Waals surface area contributed by atoms with Crippen molar-refractivity contribution in [2.24, 2.45) is 0 Å². The van der Waals surface area contributed by atoms with Gasteiger partial charge in [0.2, 0.25) is 0 Å². The third-order valence-electron chi connectivity index (χ3n) is 4.33. The number of H-pyrrole nitrogens is 2. The number of hydrogen-bond donors (Lipinski definition) is 5. The number of rotatable bonds is 4. The lowest BCUT2D eigenvalue weighted by Crippen LogP contribution is -2.21. The molecule has 0 radical (unpaired) electrons. The molecule has 3 aromatic rings. The normalized spacial score (nSPS) is 15.9. The van der Waals surface area contributed by atoms with Crippen molar-refractivity contribution in [2.45, 2.75) is 32.0 Å². The number of carboxylic acid groups (broad SMARTS) is 1. The molecule has 0 spiro atoms. The number of carbonyl (C=O) groups excluding carboxylic acids is 1. The minimum atomic E-state index is -5.08. The summed E-state index contributed by atoms with van der Waals surface area (Å²) in [5.41, 5.74) is 1.99. The molecule has 1 atom stereocenters. The number of alkyl halides is 3. The fourth-order valence-corrected chi connectivity index (χ4v) is 2.85. The molecule has 1 aliphatic rings. The standard InChI is InChI=1S/C16H18N6O2.C2HF3O2/c1-9-4-5-14(24-9)12-8-15(22-20-12)18-16(23)13-7-11(19-21-13)10-3-2-6-17-10;3-2(4,5)1(6)7/h4-5,7-8,10,17H,2-3,6H2,1H3,(H,19,21)(H2,18,20,22,23);(H,6,7). The van der Waals surface area contributed by atoms with E-state index in [2.05, 4.69) is 31.0 Å². The van der Waals surface area contributed by atoms with Gasteiger partial charge in [-0.25, -0.2) is 4.79 Å². The predicted octanol–water partition coefficient (Wildman–Crippen LogP) is 3.01. The first kappa shape index (κ1) is 22.1. The Kier molecular flexibility index (Phi) is 6.44. The number of halogens is 3. The minimum Gasteiger partial charge on any atom is -0.475 e. The zero-order valence-corrected chi connectivity index (χ0v) is 16.2. The van der Waals surface area contributed by atoms with Gasteiger partial charge in [0.05, 0.1) is 5.69 Å². The number of furan rings is 1. The molecule has 5 N–H and O–H groups in total. The molecule has 10 nitrogen and oxygen atoms in total. The molecule has 0 aliphatic carbocycles. The van der Waals surface area contributed by atoms with Gasteiger partial charge in [-0.1, -0.05) is 0 Å². The predicted molar refractivity (Wildman–Crippen MR) is 101 cm³/mol. The molecular weight excluding hydrogens is 421 g/mol. The number of aryl methyl sites for hydroxylation is 1. The van der Waals surface area contributed by atoms with Gasteiger partial charge in [-0.15, -0.1) is 0 Å². The number of aromatic amines is 2. The summed E-state index contributed by atoms with van der Waals surface area (Å²) in [5.74, 6) is -1.14. The highest BCUT2D eigenvalue weighted by Gasteiger charge is 2.38. The van der Waals surface area contributed by atoms with E-state index in [0.717, 1.165) is 30.8 Å². The maximum Gasteiger partial charge on any atom is 0.490 e. The maximum atomic E-state index is 12.3. The van der Waals surface area contributed by atoms with Crippen LogP contribution >= 0.6 is 0 Å². The molecule has 166 valence electrons. The molecule has 1 saturated heterocycles. The Morgan fingerprint density at radius 3 is 2.55 bits per heavy atom. The number of carboxylic acids is 1. The largest absolute Gasteiger partial charge is 0.490 e. The van der Waals surface area contributed by atoms with Crippen molar-refractivity contribution in [1.82, 2.24) is 25.7 Å². The van der Waals surface area contributed by atoms with Crippen molar-refractivity contribution in [2.75, 3.05) is 11.9 Å². The van der Waals surface area contributed by atoms with Gasteiger partial charge in [0, 0.05) is 12.1 Å². The lowest BCUT2D eigenvalue weighted by Gasteiger charge is -2.05. The van der Waals surface area contributed by atoms with E-state index in [1.165, 1.54) is 0 Å². The van der Waals surface area contributed by atoms with Gasteiger partial charge in [-0.05, 0) is 44.5 Å². The average Bonchev–Trinajstić information content (AvgIpc) is 3.48. The summed E-state index contributed by atoms with van der Waals surface area (Å²) in [6, 6.07) is 7.47. The summed E-state index contributed by atoms with van der Waals surface area (Å²) in [6.07, 6.45) is -2.90. The van der Waals surface area contributed by atoms with E-state index in [4.69, 9.17) is 14.3 Å². The molecule has 1 amide bonds. The summed E-state index contributed by atoms with van der Waals surface area (Å²) < 4.78 is 37.3. The fourth-order valence-electron chi connectivity index (χ4n) is 2.85. The van der Waals surface area contributed by atoms with Crippen LogP contribution in [-0.4, -0.2) is 50.1 Å². The molecule has 4 heterocycles. The topological polar surface area (TPSA) is 149 Å². The van der Waals surface area contributed by atoms with Crippen LogP contribution in [0.4, 0.5) is 19.0 Å². The van der Waals surface area contributed by atoms with Gasteiger partial charge in [0.25, 0.3) is 5.91 Å². The van der Waals surface area contributed by atoms with Crippen LogP contribution in [0.5, 0.6) is 0 Å². The van der Waals surface area contributed by atoms with E-state index in [1.807, 2.05) is 19.1 Å². The Hall–Kier alpha value is -3.61. The van der Waals surface area contributed by atoms with E-state index in [9.17, 15) is 18.0 Å². The molecular formula is C18H19F3N6O4. The van der Waals surface area contributed by atoms with Gasteiger partial charge in [0.1, 0.15) is 11.5 Å². The molecule has 1 aliphatic heterocycles. The summed E-state index contributed by atoms with van der Waals surface area (Å²) in [7, 11) is 0. The maximum absolute atomic E-state index is 12.3. The highest BCUT2D eigenvalue weighted by Crippen LogP contribution is 2.23. The van der Waals surface area contributed by atoms with Crippen LogP contribution in [-0.2, 0) is 4.79 Å². The Morgan fingerprint density at radius 2 is 1.97 bits per heavy atom. The van der Waals surface area contributed by atoms with E-state index in [1.54, 1.807) is 12.1 Å². The summed E-state index contributed by atoms with van der Waals surface area (Å²) in [6.45, 7) is 2.87. The van der Waals surface area contributed by atoms with Crippen LogP contribution < -0.4 is 10.6 Å². The Bertz CT molecular complexity index is 1050. The van der Waals surface area contributed by atoms with Gasteiger partial charge >= 0.3 is 12.1 Å². The van der Waals surface area contributed by atoms with Crippen molar-refractivity contribution < 1.29 is 32.3 Å². The van der Waals surface area contributed by atoms with Crippen LogP contribution in [0.3, 0.4) is 0 Å². The monoisotopic (exact) mass is 440 g/mol. The van der Waals surface area contributed by atoms with Crippen LogP contribution in [0.15, 0.2) is 28.7 Å². The fraction of sp³-hybridized carbons (Fsp3) is 0.333. The van der Waals surface area contributed by atoms with Crippen molar-refractivity contribution in [1.29, 1.82) is 0 Å². The molecule has 4 rings (SSSR count). The molecule has 0 saturated carbocycles. The first-order chi connectivity index (χ1) is 14.6. The Balaban J connectivity index is 0.000000339. The molecule has 3 aromatic heterocycles. The van der Waals surface area contributed by atoms with Crippen LogP contribution in [0.1, 0.15) is 40.8 Å². The van der Waals surface area contributed by atoms with Crippen molar-refractivity contribution in [3.63, 3.8) is 0 Å². The third kappa shape index (κ3) is 5.72. The van der Waals surface area contributed by atoms with Crippen LogP contribution in [0, 0.1) is 6.92 Å². The molecule has 13 heteroatoms. The van der Waals surface area contributed by atoms with Gasteiger partial charge < -0.3 is 20.2 Å². The number of nitrogens with one attached hydrogen (secondary N) is 4. The minimum absolute atomic E-state index is 0.248. The summed E-state index contributed by atoms with van der Waals surface area (Å²) in [5, 5.41) is 27.2. The SMILES string of the molecule is Cc1ccc(-c2cc(NC(=O)c3cc(C4CCCN4)[nH]n3)n[nH]2)o1.O=C(O)C(F)(F)F. The molecule has 31 heavy (non-hydrogen) atoms. The van der Waals surface area contributed by atoms with E-state index in [-0.39, 0.29) is 11.9 Å². The van der Waals surface area contributed by atoms with Crippen LogP contribution in [0.2, 0.25) is 0 Å².